The normalized spacial score (nSPS) is 10.2. The minimum Gasteiger partial charge on any atom is -0.481 e. The number of anilines is 1. The minimum absolute atomic E-state index is 0.152. The third-order valence-electron chi connectivity index (χ3n) is 2.98. The molecule has 0 fully saturated rings. The maximum atomic E-state index is 13.5. The topological polar surface area (TPSA) is 78.4 Å². The van der Waals surface area contributed by atoms with E-state index in [1.165, 1.54) is 12.1 Å². The largest absolute Gasteiger partial charge is 0.481 e. The zero-order chi connectivity index (χ0) is 15.7. The number of amides is 2. The number of hydrogen-bond donors (Lipinski definition) is 3. The van der Waals surface area contributed by atoms with E-state index in [0.29, 0.717) is 13.0 Å². The number of benzene rings is 1. The second kappa shape index (κ2) is 8.94. The van der Waals surface area contributed by atoms with Crippen molar-refractivity contribution in [3.05, 3.63) is 29.6 Å². The molecule has 0 aliphatic heterocycles. The molecule has 1 rings (SSSR count). The van der Waals surface area contributed by atoms with Crippen molar-refractivity contribution in [2.45, 2.75) is 39.0 Å². The third kappa shape index (κ3) is 7.29. The smallest absolute Gasteiger partial charge is 0.319 e. The quantitative estimate of drug-likeness (QED) is 0.644. The van der Waals surface area contributed by atoms with Crippen molar-refractivity contribution in [2.24, 2.45) is 0 Å². The Hall–Kier alpha value is -2.11. The van der Waals surface area contributed by atoms with Crippen LogP contribution in [0.4, 0.5) is 14.9 Å². The molecule has 3 N–H and O–H groups in total. The Kier molecular flexibility index (Phi) is 7.21. The van der Waals surface area contributed by atoms with Crippen molar-refractivity contribution >= 4 is 17.7 Å². The first kappa shape index (κ1) is 16.9. The van der Waals surface area contributed by atoms with Gasteiger partial charge in [-0.05, 0) is 37.5 Å². The molecule has 21 heavy (non-hydrogen) atoms. The number of carboxylic acids is 1. The number of aliphatic carboxylic acids is 1. The van der Waals surface area contributed by atoms with E-state index < -0.39 is 17.8 Å². The molecule has 1 aromatic rings. The highest BCUT2D eigenvalue weighted by Crippen LogP contribution is 2.14. The van der Waals surface area contributed by atoms with Crippen molar-refractivity contribution in [1.82, 2.24) is 5.32 Å². The Labute approximate surface area is 123 Å². The van der Waals surface area contributed by atoms with E-state index in [0.717, 1.165) is 24.8 Å². The average molecular weight is 296 g/mol. The number of carboxylic acid groups (broad SMARTS) is 1. The molecule has 0 aromatic heterocycles. The van der Waals surface area contributed by atoms with Crippen LogP contribution in [0.15, 0.2) is 18.2 Å². The summed E-state index contributed by atoms with van der Waals surface area (Å²) in [6.07, 6.45) is 3.27. The lowest BCUT2D eigenvalue weighted by atomic mass is 10.1. The first-order valence-corrected chi connectivity index (χ1v) is 7.02. The molecule has 116 valence electrons. The standard InChI is InChI=1S/C15H21FN2O3/c1-11-7-8-13(12(16)10-11)18-15(21)17-9-5-3-2-4-6-14(19)20/h7-8,10H,2-6,9H2,1H3,(H,19,20)(H2,17,18,21). The van der Waals surface area contributed by atoms with Crippen molar-refractivity contribution in [3.63, 3.8) is 0 Å². The zero-order valence-electron chi connectivity index (χ0n) is 12.1. The van der Waals surface area contributed by atoms with Gasteiger partial charge in [0.25, 0.3) is 0 Å². The van der Waals surface area contributed by atoms with Crippen LogP contribution in [0.2, 0.25) is 0 Å². The van der Waals surface area contributed by atoms with Crippen LogP contribution in [-0.4, -0.2) is 23.7 Å². The molecule has 0 heterocycles. The van der Waals surface area contributed by atoms with Gasteiger partial charge in [0.05, 0.1) is 5.69 Å². The van der Waals surface area contributed by atoms with Crippen LogP contribution in [0.25, 0.3) is 0 Å². The maximum absolute atomic E-state index is 13.5. The van der Waals surface area contributed by atoms with Crippen LogP contribution >= 0.6 is 0 Å². The fourth-order valence-electron chi connectivity index (χ4n) is 1.84. The number of carbonyl (C=O) groups is 2. The van der Waals surface area contributed by atoms with Gasteiger partial charge in [0.1, 0.15) is 5.82 Å². The molecule has 1 aromatic carbocycles. The molecule has 0 spiro atoms. The number of rotatable bonds is 8. The van der Waals surface area contributed by atoms with Crippen molar-refractivity contribution < 1.29 is 19.1 Å². The molecule has 0 saturated carbocycles. The lowest BCUT2D eigenvalue weighted by Crippen LogP contribution is -2.29. The number of nitrogens with one attached hydrogen (secondary N) is 2. The molecule has 0 aliphatic rings. The van der Waals surface area contributed by atoms with Crippen LogP contribution in [0.3, 0.4) is 0 Å². The number of carbonyl (C=O) groups excluding carboxylic acids is 1. The Morgan fingerprint density at radius 1 is 1.19 bits per heavy atom. The van der Waals surface area contributed by atoms with E-state index in [1.54, 1.807) is 13.0 Å². The lowest BCUT2D eigenvalue weighted by molar-refractivity contribution is -0.137. The second-order valence-electron chi connectivity index (χ2n) is 4.92. The van der Waals surface area contributed by atoms with Gasteiger partial charge >= 0.3 is 12.0 Å². The van der Waals surface area contributed by atoms with E-state index in [2.05, 4.69) is 10.6 Å². The second-order valence-corrected chi connectivity index (χ2v) is 4.92. The molecule has 2 amide bonds. The van der Waals surface area contributed by atoms with Crippen molar-refractivity contribution in [3.8, 4) is 0 Å². The molecular formula is C15H21FN2O3. The summed E-state index contributed by atoms with van der Waals surface area (Å²) in [5, 5.41) is 13.6. The van der Waals surface area contributed by atoms with Gasteiger partial charge in [-0.25, -0.2) is 9.18 Å². The van der Waals surface area contributed by atoms with Gasteiger partial charge in [-0.15, -0.1) is 0 Å². The molecule has 0 atom stereocenters. The Morgan fingerprint density at radius 2 is 1.90 bits per heavy atom. The zero-order valence-corrected chi connectivity index (χ0v) is 12.1. The molecular weight excluding hydrogens is 275 g/mol. The van der Waals surface area contributed by atoms with E-state index >= 15 is 0 Å². The predicted molar refractivity (Wildman–Crippen MR) is 78.9 cm³/mol. The van der Waals surface area contributed by atoms with Crippen LogP contribution in [-0.2, 0) is 4.79 Å². The van der Waals surface area contributed by atoms with E-state index in [9.17, 15) is 14.0 Å². The van der Waals surface area contributed by atoms with E-state index in [4.69, 9.17) is 5.11 Å². The SMILES string of the molecule is Cc1ccc(NC(=O)NCCCCCCC(=O)O)c(F)c1. The Bertz CT molecular complexity index is 492. The molecule has 0 saturated heterocycles. The molecule has 0 unspecified atom stereocenters. The number of urea groups is 1. The Morgan fingerprint density at radius 3 is 2.57 bits per heavy atom. The number of aryl methyl sites for hydroxylation is 1. The summed E-state index contributed by atoms with van der Waals surface area (Å²) in [6, 6.07) is 4.17. The Balaban J connectivity index is 2.15. The van der Waals surface area contributed by atoms with Gasteiger partial charge in [-0.3, -0.25) is 4.79 Å². The van der Waals surface area contributed by atoms with Crippen molar-refractivity contribution in [2.75, 3.05) is 11.9 Å². The van der Waals surface area contributed by atoms with E-state index in [1.807, 2.05) is 0 Å². The van der Waals surface area contributed by atoms with Crippen LogP contribution in [0.5, 0.6) is 0 Å². The summed E-state index contributed by atoms with van der Waals surface area (Å²) in [6.45, 7) is 2.25. The van der Waals surface area contributed by atoms with Crippen molar-refractivity contribution in [1.29, 1.82) is 0 Å². The summed E-state index contributed by atoms with van der Waals surface area (Å²) in [4.78, 5) is 21.9. The summed E-state index contributed by atoms with van der Waals surface area (Å²) in [7, 11) is 0. The first-order chi connectivity index (χ1) is 9.99. The van der Waals surface area contributed by atoms with Crippen LogP contribution in [0, 0.1) is 12.7 Å². The van der Waals surface area contributed by atoms with Crippen LogP contribution < -0.4 is 10.6 Å². The predicted octanol–water partition coefficient (Wildman–Crippen LogP) is 3.29. The summed E-state index contributed by atoms with van der Waals surface area (Å²) in [5.41, 5.74) is 0.944. The minimum atomic E-state index is -0.785. The molecule has 6 heteroatoms. The fourth-order valence-corrected chi connectivity index (χ4v) is 1.84. The molecule has 0 radical (unpaired) electrons. The number of hydrogen-bond acceptors (Lipinski definition) is 2. The van der Waals surface area contributed by atoms with E-state index in [-0.39, 0.29) is 12.1 Å². The highest BCUT2D eigenvalue weighted by Gasteiger charge is 2.06. The summed E-state index contributed by atoms with van der Waals surface area (Å²) >= 11 is 0. The first-order valence-electron chi connectivity index (χ1n) is 7.02. The highest BCUT2D eigenvalue weighted by molar-refractivity contribution is 5.89. The van der Waals surface area contributed by atoms with Gasteiger partial charge in [-0.2, -0.15) is 0 Å². The lowest BCUT2D eigenvalue weighted by Gasteiger charge is -2.08. The maximum Gasteiger partial charge on any atom is 0.319 e. The number of unbranched alkanes of at least 4 members (excludes halogenated alkanes) is 3. The summed E-state index contributed by atoms with van der Waals surface area (Å²) < 4.78 is 13.5. The van der Waals surface area contributed by atoms with Gasteiger partial charge in [0, 0.05) is 13.0 Å². The summed E-state index contributed by atoms with van der Waals surface area (Å²) in [5.74, 6) is -1.24. The monoisotopic (exact) mass is 296 g/mol. The fraction of sp³-hybridized carbons (Fsp3) is 0.467. The highest BCUT2D eigenvalue weighted by atomic mass is 19.1. The third-order valence-corrected chi connectivity index (χ3v) is 2.98. The molecule has 0 aliphatic carbocycles. The van der Waals surface area contributed by atoms with Gasteiger partial charge in [0.2, 0.25) is 0 Å². The van der Waals surface area contributed by atoms with Gasteiger partial charge in [-0.1, -0.05) is 18.9 Å². The van der Waals surface area contributed by atoms with Crippen LogP contribution in [0.1, 0.15) is 37.7 Å². The average Bonchev–Trinajstić information content (AvgIpc) is 2.40. The van der Waals surface area contributed by atoms with Gasteiger partial charge in [0.15, 0.2) is 0 Å². The molecule has 0 bridgehead atoms. The van der Waals surface area contributed by atoms with Gasteiger partial charge < -0.3 is 15.7 Å². The number of halogens is 1. The molecule has 5 nitrogen and oxygen atoms in total.